The van der Waals surface area contributed by atoms with Crippen molar-refractivity contribution in [3.05, 3.63) is 24.3 Å². The molecule has 1 saturated heterocycles. The predicted molar refractivity (Wildman–Crippen MR) is 112 cm³/mol. The summed E-state index contributed by atoms with van der Waals surface area (Å²) in [5.74, 6) is 1.27. The average molecular weight is 396 g/mol. The van der Waals surface area contributed by atoms with Crippen LogP contribution in [0.3, 0.4) is 0 Å². The largest absolute Gasteiger partial charge is 0.497 e. The quantitative estimate of drug-likeness (QED) is 0.832. The third-order valence-electron chi connectivity index (χ3n) is 6.65. The Morgan fingerprint density at radius 2 is 1.76 bits per heavy atom. The van der Waals surface area contributed by atoms with Crippen LogP contribution in [0.5, 0.6) is 5.75 Å². The fourth-order valence-electron chi connectivity index (χ4n) is 4.69. The number of carbonyl (C=O) groups is 1. The molecule has 1 unspecified atom stereocenters. The van der Waals surface area contributed by atoms with E-state index < -0.39 is 11.5 Å². The summed E-state index contributed by atoms with van der Waals surface area (Å²) in [6.07, 6.45) is 3.67. The normalized spacial score (nSPS) is 29.8. The van der Waals surface area contributed by atoms with Gasteiger partial charge in [0.25, 0.3) is 0 Å². The lowest BCUT2D eigenvalue weighted by molar-refractivity contribution is -0.125. The summed E-state index contributed by atoms with van der Waals surface area (Å²) < 4.78 is 5.24. The van der Waals surface area contributed by atoms with Crippen molar-refractivity contribution in [3.63, 3.8) is 0 Å². The second-order valence-electron chi connectivity index (χ2n) is 8.44. The fourth-order valence-corrected chi connectivity index (χ4v) is 4.69. The van der Waals surface area contributed by atoms with E-state index in [1.54, 1.807) is 7.11 Å². The molecule has 154 valence electrons. The summed E-state index contributed by atoms with van der Waals surface area (Å²) in [4.78, 5) is 22.2. The number of nitrogens with one attached hydrogen (secondary N) is 1. The highest BCUT2D eigenvalue weighted by atomic mass is 16.5. The van der Waals surface area contributed by atoms with Gasteiger partial charge in [-0.15, -0.1) is 0 Å². The maximum absolute atomic E-state index is 12.7. The monoisotopic (exact) mass is 395 g/mol. The molecular formula is C22H29N5O2. The number of amides is 1. The number of aliphatic imine (C=N–C) groups is 1. The first-order valence-electron chi connectivity index (χ1n) is 10.5. The van der Waals surface area contributed by atoms with E-state index in [0.29, 0.717) is 11.9 Å². The van der Waals surface area contributed by atoms with Crippen molar-refractivity contribution >= 4 is 17.6 Å². The van der Waals surface area contributed by atoms with E-state index >= 15 is 0 Å². The van der Waals surface area contributed by atoms with E-state index in [-0.39, 0.29) is 5.91 Å². The van der Waals surface area contributed by atoms with Gasteiger partial charge in [-0.1, -0.05) is 6.92 Å². The number of anilines is 1. The van der Waals surface area contributed by atoms with Crippen LogP contribution in [0.2, 0.25) is 0 Å². The van der Waals surface area contributed by atoms with E-state index in [1.165, 1.54) is 5.69 Å². The van der Waals surface area contributed by atoms with Crippen molar-refractivity contribution in [3.8, 4) is 11.8 Å². The number of benzene rings is 1. The summed E-state index contributed by atoms with van der Waals surface area (Å²) in [5, 5.41) is 12.5. The molecule has 1 N–H and O–H groups in total. The Morgan fingerprint density at radius 1 is 1.14 bits per heavy atom. The molecule has 2 aliphatic heterocycles. The summed E-state index contributed by atoms with van der Waals surface area (Å²) in [5.41, 5.74) is 0.619. The van der Waals surface area contributed by atoms with Crippen LogP contribution in [0.4, 0.5) is 5.69 Å². The molecule has 4 rings (SSSR count). The van der Waals surface area contributed by atoms with Gasteiger partial charge in [-0.05, 0) is 55.9 Å². The molecule has 29 heavy (non-hydrogen) atoms. The molecule has 1 aliphatic carbocycles. The van der Waals surface area contributed by atoms with Gasteiger partial charge in [0.2, 0.25) is 11.9 Å². The molecule has 7 nitrogen and oxygen atoms in total. The van der Waals surface area contributed by atoms with Crippen molar-refractivity contribution in [2.45, 2.75) is 38.1 Å². The number of nitriles is 1. The first kappa shape index (κ1) is 19.6. The van der Waals surface area contributed by atoms with Crippen LogP contribution in [-0.4, -0.2) is 55.6 Å². The Kier molecular flexibility index (Phi) is 5.35. The Morgan fingerprint density at radius 3 is 2.34 bits per heavy atom. The topological polar surface area (TPSA) is 81.0 Å². The summed E-state index contributed by atoms with van der Waals surface area (Å²) >= 11 is 0. The third kappa shape index (κ3) is 3.76. The van der Waals surface area contributed by atoms with Crippen molar-refractivity contribution in [2.24, 2.45) is 16.8 Å². The van der Waals surface area contributed by atoms with E-state index in [4.69, 9.17) is 9.73 Å². The minimum Gasteiger partial charge on any atom is -0.497 e. The molecule has 3 aliphatic rings. The molecule has 7 heteroatoms. The van der Waals surface area contributed by atoms with Crippen molar-refractivity contribution < 1.29 is 9.53 Å². The second-order valence-corrected chi connectivity index (χ2v) is 8.44. The van der Waals surface area contributed by atoms with Gasteiger partial charge in [0.1, 0.15) is 5.75 Å². The van der Waals surface area contributed by atoms with Crippen molar-refractivity contribution in [2.75, 3.05) is 38.2 Å². The van der Waals surface area contributed by atoms with E-state index in [2.05, 4.69) is 40.2 Å². The van der Waals surface area contributed by atoms with Gasteiger partial charge in [0.15, 0.2) is 5.92 Å². The van der Waals surface area contributed by atoms with Crippen LogP contribution in [0.15, 0.2) is 29.3 Å². The highest BCUT2D eigenvalue weighted by Crippen LogP contribution is 2.41. The predicted octanol–water partition coefficient (Wildman–Crippen LogP) is 2.39. The molecule has 1 spiro atoms. The highest BCUT2D eigenvalue weighted by Gasteiger charge is 2.49. The zero-order chi connectivity index (χ0) is 20.4. The van der Waals surface area contributed by atoms with Gasteiger partial charge in [-0.2, -0.15) is 5.26 Å². The summed E-state index contributed by atoms with van der Waals surface area (Å²) in [6, 6.07) is 10.3. The van der Waals surface area contributed by atoms with Gasteiger partial charge in [0, 0.05) is 31.9 Å². The lowest BCUT2D eigenvalue weighted by Crippen LogP contribution is -2.60. The Hall–Kier alpha value is -2.75. The number of rotatable bonds is 2. The smallest absolute Gasteiger partial charge is 0.246 e. The van der Waals surface area contributed by atoms with Crippen LogP contribution in [0, 0.1) is 23.2 Å². The van der Waals surface area contributed by atoms with E-state index in [0.717, 1.165) is 57.6 Å². The number of carbonyl (C=O) groups excluding carboxylic acids is 1. The first-order valence-corrected chi connectivity index (χ1v) is 10.5. The van der Waals surface area contributed by atoms with Gasteiger partial charge >= 0.3 is 0 Å². The molecular weight excluding hydrogens is 366 g/mol. The third-order valence-corrected chi connectivity index (χ3v) is 6.65. The second kappa shape index (κ2) is 7.94. The molecule has 2 fully saturated rings. The Labute approximate surface area is 172 Å². The summed E-state index contributed by atoms with van der Waals surface area (Å²) in [7, 11) is 1.67. The van der Waals surface area contributed by atoms with Crippen molar-refractivity contribution in [1.82, 2.24) is 10.2 Å². The molecule has 0 bridgehead atoms. The number of hydrogen-bond donors (Lipinski definition) is 1. The van der Waals surface area contributed by atoms with Crippen LogP contribution >= 0.6 is 0 Å². The minimum atomic E-state index is -0.681. The zero-order valence-corrected chi connectivity index (χ0v) is 17.2. The first-order chi connectivity index (χ1) is 14.0. The molecule has 2 heterocycles. The number of guanidine groups is 1. The van der Waals surface area contributed by atoms with E-state index in [1.807, 2.05) is 12.1 Å². The zero-order valence-electron chi connectivity index (χ0n) is 17.2. The molecule has 1 aromatic carbocycles. The molecule has 1 saturated carbocycles. The molecule has 1 aromatic rings. The van der Waals surface area contributed by atoms with Crippen molar-refractivity contribution in [1.29, 1.82) is 5.26 Å². The number of piperazine rings is 1. The fraction of sp³-hybridized carbons (Fsp3) is 0.591. The van der Waals surface area contributed by atoms with Crippen LogP contribution < -0.4 is 15.0 Å². The summed E-state index contributed by atoms with van der Waals surface area (Å²) in [6.45, 7) is 5.52. The van der Waals surface area contributed by atoms with E-state index in [9.17, 15) is 10.1 Å². The number of hydrogen-bond acceptors (Lipinski definition) is 6. The molecule has 0 aromatic heterocycles. The number of ether oxygens (including phenoxy) is 1. The minimum absolute atomic E-state index is 0.190. The van der Waals surface area contributed by atoms with Gasteiger partial charge in [-0.3, -0.25) is 10.1 Å². The van der Waals surface area contributed by atoms with Crippen LogP contribution in [-0.2, 0) is 4.79 Å². The lowest BCUT2D eigenvalue weighted by atomic mass is 9.70. The highest BCUT2D eigenvalue weighted by molar-refractivity contribution is 6.02. The maximum Gasteiger partial charge on any atom is 0.246 e. The average Bonchev–Trinajstić information content (AvgIpc) is 2.76. The van der Waals surface area contributed by atoms with Gasteiger partial charge in [-0.25, -0.2) is 4.99 Å². The SMILES string of the molecule is COc1ccc(N2CCN(C3=NC4(CCC(C)CC4)C(C#N)C(=O)N3)CC2)cc1. The molecule has 0 radical (unpaired) electrons. The van der Waals surface area contributed by atoms with Crippen LogP contribution in [0.25, 0.3) is 0 Å². The maximum atomic E-state index is 12.7. The molecule has 1 atom stereocenters. The Bertz CT molecular complexity index is 813. The van der Waals surface area contributed by atoms with Crippen LogP contribution in [0.1, 0.15) is 32.6 Å². The van der Waals surface area contributed by atoms with Gasteiger partial charge in [0.05, 0.1) is 18.7 Å². The standard InChI is InChI=1S/C22H29N5O2/c1-16-7-9-22(10-8-16)19(15-23)20(28)24-21(25-22)27-13-11-26(12-14-27)17-3-5-18(29-2)6-4-17/h3-6,16,19H,7-14H2,1-2H3,(H,24,25,28). The molecule has 1 amide bonds. The number of methoxy groups -OCH3 is 1. The number of nitrogens with zero attached hydrogens (tertiary/aromatic N) is 4. The van der Waals surface area contributed by atoms with Gasteiger partial charge < -0.3 is 14.5 Å². The lowest BCUT2D eigenvalue weighted by Gasteiger charge is -2.45. The Balaban J connectivity index is 1.47.